The van der Waals surface area contributed by atoms with Gasteiger partial charge in [0.05, 0.1) is 25.9 Å². The number of carboxylic acid groups (broad SMARTS) is 1. The molecule has 0 spiro atoms. The van der Waals surface area contributed by atoms with Crippen molar-refractivity contribution in [2.75, 3.05) is 19.8 Å². The SMILES string of the molecule is CC(=O)NC1C(O)OC(CO)C(OC2OC(CO)C(O)C(OC3(C(=O)O)OC([C@H](O)[C@H](O)CO)C(NC(C)=O)C(O)C3O)C2O)C1O. The summed E-state index contributed by atoms with van der Waals surface area (Å²) in [6, 6.07) is -3.36. The molecule has 0 aromatic carbocycles. The Morgan fingerprint density at radius 3 is 1.87 bits per heavy atom. The Morgan fingerprint density at radius 1 is 0.787 bits per heavy atom. The van der Waals surface area contributed by atoms with Gasteiger partial charge in [-0.25, -0.2) is 4.79 Å². The number of rotatable bonds is 12. The summed E-state index contributed by atoms with van der Waals surface area (Å²) in [5.41, 5.74) is 0. The van der Waals surface area contributed by atoms with Crippen molar-refractivity contribution < 1.29 is 99.3 Å². The van der Waals surface area contributed by atoms with Crippen LogP contribution in [0, 0.1) is 0 Å². The van der Waals surface area contributed by atoms with Gasteiger partial charge < -0.3 is 95.6 Å². The van der Waals surface area contributed by atoms with Crippen LogP contribution in [0.15, 0.2) is 0 Å². The Morgan fingerprint density at radius 2 is 1.36 bits per heavy atom. The molecule has 17 atom stereocenters. The molecule has 47 heavy (non-hydrogen) atoms. The van der Waals surface area contributed by atoms with E-state index < -0.39 is 141 Å². The smallest absolute Gasteiger partial charge is 0.367 e. The molecular formula is C25H42N2O20. The maximum atomic E-state index is 12.7. The van der Waals surface area contributed by atoms with E-state index in [2.05, 4.69) is 10.6 Å². The average Bonchev–Trinajstić information content (AvgIpc) is 3.01. The number of nitrogens with one attached hydrogen (secondary N) is 2. The normalized spacial score (nSPS) is 43.9. The highest BCUT2D eigenvalue weighted by Crippen LogP contribution is 2.38. The quantitative estimate of drug-likeness (QED) is 0.0903. The third-order valence-electron chi connectivity index (χ3n) is 8.00. The third-order valence-corrected chi connectivity index (χ3v) is 8.00. The predicted octanol–water partition coefficient (Wildman–Crippen LogP) is -9.11. The summed E-state index contributed by atoms with van der Waals surface area (Å²) in [5.74, 6) is -7.33. The second-order valence-electron chi connectivity index (χ2n) is 11.3. The summed E-state index contributed by atoms with van der Waals surface area (Å²) in [4.78, 5) is 36.1. The van der Waals surface area contributed by atoms with Crippen LogP contribution in [0.5, 0.6) is 0 Å². The average molecular weight is 691 g/mol. The first-order chi connectivity index (χ1) is 21.9. The van der Waals surface area contributed by atoms with E-state index in [9.17, 15) is 75.7 Å². The molecule has 3 aliphatic heterocycles. The lowest BCUT2D eigenvalue weighted by atomic mass is 9.86. The number of aliphatic carboxylic acids is 1. The topological polar surface area (TPSA) is 364 Å². The molecule has 3 fully saturated rings. The number of carbonyl (C=O) groups excluding carboxylic acids is 2. The Labute approximate surface area is 265 Å². The van der Waals surface area contributed by atoms with E-state index in [-0.39, 0.29) is 0 Å². The maximum absolute atomic E-state index is 12.7. The van der Waals surface area contributed by atoms with E-state index in [0.717, 1.165) is 13.8 Å². The van der Waals surface area contributed by atoms with Crippen molar-refractivity contribution in [2.45, 2.75) is 118 Å². The number of carbonyl (C=O) groups is 3. The summed E-state index contributed by atoms with van der Waals surface area (Å²) < 4.78 is 27.0. The third kappa shape index (κ3) is 7.99. The number of aliphatic hydroxyl groups is 11. The molecule has 3 aliphatic rings. The second kappa shape index (κ2) is 16.0. The van der Waals surface area contributed by atoms with Gasteiger partial charge in [0.2, 0.25) is 11.8 Å². The van der Waals surface area contributed by atoms with Gasteiger partial charge in [-0.3, -0.25) is 9.59 Å². The van der Waals surface area contributed by atoms with E-state index in [4.69, 9.17) is 23.7 Å². The summed E-state index contributed by atoms with van der Waals surface area (Å²) >= 11 is 0. The molecule has 14 N–H and O–H groups in total. The van der Waals surface area contributed by atoms with Crippen molar-refractivity contribution in [1.82, 2.24) is 10.6 Å². The Bertz CT molecular complexity index is 1090. The fourth-order valence-corrected chi connectivity index (χ4v) is 5.60. The molecule has 22 heteroatoms. The van der Waals surface area contributed by atoms with Crippen molar-refractivity contribution in [1.29, 1.82) is 0 Å². The highest BCUT2D eigenvalue weighted by atomic mass is 16.8. The summed E-state index contributed by atoms with van der Waals surface area (Å²) in [6.45, 7) is -1.05. The van der Waals surface area contributed by atoms with Gasteiger partial charge in [0.15, 0.2) is 12.6 Å². The second-order valence-corrected chi connectivity index (χ2v) is 11.3. The van der Waals surface area contributed by atoms with E-state index in [0.29, 0.717) is 0 Å². The molecule has 3 heterocycles. The van der Waals surface area contributed by atoms with Gasteiger partial charge in [-0.1, -0.05) is 0 Å². The zero-order chi connectivity index (χ0) is 35.5. The lowest BCUT2D eigenvalue weighted by Gasteiger charge is -2.52. The predicted molar refractivity (Wildman–Crippen MR) is 143 cm³/mol. The van der Waals surface area contributed by atoms with Crippen LogP contribution in [0.3, 0.4) is 0 Å². The van der Waals surface area contributed by atoms with Crippen LogP contribution in [0.2, 0.25) is 0 Å². The number of aliphatic hydroxyl groups excluding tert-OH is 11. The molecule has 22 nitrogen and oxygen atoms in total. The summed E-state index contributed by atoms with van der Waals surface area (Å²) in [6.07, 6.45) is -29.0. The monoisotopic (exact) mass is 690 g/mol. The molecule has 0 aromatic heterocycles. The fraction of sp³-hybridized carbons (Fsp3) is 0.880. The molecule has 0 saturated carbocycles. The van der Waals surface area contributed by atoms with Gasteiger partial charge in [0.1, 0.15) is 79.3 Å². The lowest BCUT2D eigenvalue weighted by molar-refractivity contribution is -0.397. The minimum atomic E-state index is -3.52. The highest BCUT2D eigenvalue weighted by Gasteiger charge is 2.65. The fourth-order valence-electron chi connectivity index (χ4n) is 5.60. The highest BCUT2D eigenvalue weighted by molar-refractivity contribution is 5.77. The molecule has 0 aromatic rings. The molecule has 0 bridgehead atoms. The van der Waals surface area contributed by atoms with E-state index in [1.54, 1.807) is 0 Å². The number of hydrogen-bond donors (Lipinski definition) is 14. The minimum absolute atomic E-state index is 0.716. The number of carboxylic acids is 1. The van der Waals surface area contributed by atoms with Crippen LogP contribution in [0.25, 0.3) is 0 Å². The van der Waals surface area contributed by atoms with Crippen LogP contribution >= 0.6 is 0 Å². The van der Waals surface area contributed by atoms with Gasteiger partial charge in [0.25, 0.3) is 5.79 Å². The first-order valence-corrected chi connectivity index (χ1v) is 14.3. The molecule has 2 amide bonds. The zero-order valence-corrected chi connectivity index (χ0v) is 25.0. The largest absolute Gasteiger partial charge is 0.477 e. The Balaban J connectivity index is 2.00. The van der Waals surface area contributed by atoms with Crippen LogP contribution in [-0.4, -0.2) is 203 Å². The lowest BCUT2D eigenvalue weighted by Crippen LogP contribution is -2.76. The van der Waals surface area contributed by atoms with Crippen LogP contribution in [0.1, 0.15) is 13.8 Å². The molecule has 272 valence electrons. The van der Waals surface area contributed by atoms with Gasteiger partial charge in [0, 0.05) is 13.8 Å². The van der Waals surface area contributed by atoms with E-state index in [1.165, 1.54) is 0 Å². The first-order valence-electron chi connectivity index (χ1n) is 14.3. The number of amides is 2. The van der Waals surface area contributed by atoms with Gasteiger partial charge in [-0.2, -0.15) is 0 Å². The first kappa shape index (κ1) is 39.2. The Hall–Kier alpha value is -2.23. The van der Waals surface area contributed by atoms with Crippen LogP contribution in [-0.2, 0) is 38.1 Å². The van der Waals surface area contributed by atoms with E-state index >= 15 is 0 Å². The number of ether oxygens (including phenoxy) is 5. The zero-order valence-electron chi connectivity index (χ0n) is 25.0. The van der Waals surface area contributed by atoms with Gasteiger partial charge in [-0.05, 0) is 0 Å². The molecule has 15 unspecified atom stereocenters. The molecule has 3 saturated heterocycles. The molecule has 3 rings (SSSR count). The standard InChI is InChI=1S/C25H42N2O20/c1-6(31)26-11-16(37)21(39)25(24(41)42,46-19(11)13(34)8(33)3-28)47-20-14(35)9(4-29)44-23(17(20)38)45-18-10(5-30)43-22(40)12(15(18)36)27-7(2)32/h8-23,28-30,33-40H,3-5H2,1-2H3,(H,26,31)(H,27,32)(H,41,42)/t8-,9?,10?,11?,12?,13-,14?,15?,16?,17?,18?,19?,20?,21?,22?,23?,25?/m1/s1. The van der Waals surface area contributed by atoms with Crippen molar-refractivity contribution in [3.05, 3.63) is 0 Å². The Kier molecular flexibility index (Phi) is 13.3. The summed E-state index contributed by atoms with van der Waals surface area (Å²) in [5, 5.41) is 129. The summed E-state index contributed by atoms with van der Waals surface area (Å²) in [7, 11) is 0. The van der Waals surface area contributed by atoms with Gasteiger partial charge >= 0.3 is 5.97 Å². The van der Waals surface area contributed by atoms with Crippen molar-refractivity contribution in [2.24, 2.45) is 0 Å². The van der Waals surface area contributed by atoms with Crippen molar-refractivity contribution >= 4 is 17.8 Å². The van der Waals surface area contributed by atoms with E-state index in [1.807, 2.05) is 0 Å². The van der Waals surface area contributed by atoms with Gasteiger partial charge in [-0.15, -0.1) is 0 Å². The maximum Gasteiger partial charge on any atom is 0.367 e. The minimum Gasteiger partial charge on any atom is -0.477 e. The molecule has 0 aliphatic carbocycles. The van der Waals surface area contributed by atoms with Crippen LogP contribution in [0.4, 0.5) is 0 Å². The molecule has 0 radical (unpaired) electrons. The molecular weight excluding hydrogens is 648 g/mol. The number of hydrogen-bond acceptors (Lipinski definition) is 19. The van der Waals surface area contributed by atoms with Crippen molar-refractivity contribution in [3.8, 4) is 0 Å². The van der Waals surface area contributed by atoms with Crippen molar-refractivity contribution in [3.63, 3.8) is 0 Å². The van der Waals surface area contributed by atoms with Crippen LogP contribution < -0.4 is 10.6 Å².